The number of anilines is 1. The summed E-state index contributed by atoms with van der Waals surface area (Å²) in [5, 5.41) is 5.36. The van der Waals surface area contributed by atoms with E-state index in [9.17, 15) is 0 Å². The fraction of sp³-hybridized carbons (Fsp3) is 0.579. The highest BCUT2D eigenvalue weighted by Gasteiger charge is 2.40. The van der Waals surface area contributed by atoms with Crippen LogP contribution in [0.15, 0.2) is 18.2 Å². The second-order valence-electron chi connectivity index (χ2n) is 7.72. The van der Waals surface area contributed by atoms with Gasteiger partial charge in [0, 0.05) is 34.4 Å². The number of aromatic nitrogens is 1. The number of hydrogen-bond donors (Lipinski definition) is 3. The van der Waals surface area contributed by atoms with Gasteiger partial charge in [-0.05, 0) is 74.1 Å². The van der Waals surface area contributed by atoms with Crippen LogP contribution in [0.3, 0.4) is 0 Å². The van der Waals surface area contributed by atoms with Crippen molar-refractivity contribution in [2.45, 2.75) is 57.0 Å². The molecule has 1 aromatic carbocycles. The van der Waals surface area contributed by atoms with Crippen molar-refractivity contribution in [2.75, 3.05) is 5.73 Å². The predicted molar refractivity (Wildman–Crippen MR) is 90.8 cm³/mol. The van der Waals surface area contributed by atoms with E-state index in [-0.39, 0.29) is 0 Å². The molecule has 4 atom stereocenters. The van der Waals surface area contributed by atoms with Crippen molar-refractivity contribution in [3.05, 3.63) is 29.5 Å². The molecule has 3 aliphatic rings. The van der Waals surface area contributed by atoms with Crippen molar-refractivity contribution in [3.8, 4) is 0 Å². The van der Waals surface area contributed by atoms with Crippen LogP contribution in [0.1, 0.15) is 55.8 Å². The van der Waals surface area contributed by atoms with Gasteiger partial charge in [-0.25, -0.2) is 0 Å². The topological polar surface area (TPSA) is 53.8 Å². The highest BCUT2D eigenvalue weighted by molar-refractivity contribution is 5.87. The van der Waals surface area contributed by atoms with Crippen molar-refractivity contribution in [3.63, 3.8) is 0 Å². The van der Waals surface area contributed by atoms with Gasteiger partial charge >= 0.3 is 0 Å². The minimum absolute atomic E-state index is 0.515. The molecule has 1 heterocycles. The van der Waals surface area contributed by atoms with Crippen LogP contribution in [-0.2, 0) is 6.42 Å². The van der Waals surface area contributed by atoms with Crippen molar-refractivity contribution in [1.29, 1.82) is 0 Å². The van der Waals surface area contributed by atoms with Crippen LogP contribution in [-0.4, -0.2) is 11.0 Å². The number of fused-ring (bicyclic) bond motifs is 5. The van der Waals surface area contributed by atoms with Crippen molar-refractivity contribution in [2.24, 2.45) is 11.8 Å². The molecule has 4 unspecified atom stereocenters. The molecule has 3 heteroatoms. The van der Waals surface area contributed by atoms with Crippen molar-refractivity contribution < 1.29 is 0 Å². The van der Waals surface area contributed by atoms with E-state index in [2.05, 4.69) is 22.4 Å². The van der Waals surface area contributed by atoms with Gasteiger partial charge in [0.05, 0.1) is 0 Å². The number of H-pyrrole nitrogens is 1. The average molecular weight is 295 g/mol. The van der Waals surface area contributed by atoms with Gasteiger partial charge < -0.3 is 16.0 Å². The number of nitrogens with one attached hydrogen (secondary N) is 2. The number of benzene rings is 1. The largest absolute Gasteiger partial charge is 0.399 e. The van der Waals surface area contributed by atoms with Gasteiger partial charge in [-0.2, -0.15) is 0 Å². The molecular weight excluding hydrogens is 270 g/mol. The molecule has 1 aromatic heterocycles. The Morgan fingerprint density at radius 3 is 2.91 bits per heavy atom. The maximum Gasteiger partial charge on any atom is 0.0478 e. The molecule has 2 saturated carbocycles. The molecule has 22 heavy (non-hydrogen) atoms. The van der Waals surface area contributed by atoms with Gasteiger partial charge in [0.2, 0.25) is 0 Å². The lowest BCUT2D eigenvalue weighted by atomic mass is 9.89. The first-order valence-corrected chi connectivity index (χ1v) is 8.94. The monoisotopic (exact) mass is 295 g/mol. The molecule has 2 bridgehead atoms. The third kappa shape index (κ3) is 1.91. The number of aryl methyl sites for hydroxylation is 1. The molecule has 2 fully saturated rings. The number of nitrogens with two attached hydrogens (primary N) is 1. The lowest BCUT2D eigenvalue weighted by Gasteiger charge is -2.31. The van der Waals surface area contributed by atoms with Gasteiger partial charge in [0.1, 0.15) is 0 Å². The predicted octanol–water partition coefficient (Wildman–Crippen LogP) is 3.91. The first-order chi connectivity index (χ1) is 10.8. The minimum Gasteiger partial charge on any atom is -0.399 e. The van der Waals surface area contributed by atoms with E-state index in [4.69, 9.17) is 5.73 Å². The zero-order valence-corrected chi connectivity index (χ0v) is 13.1. The molecular formula is C19H25N3. The lowest BCUT2D eigenvalue weighted by Crippen LogP contribution is -2.38. The highest BCUT2D eigenvalue weighted by Crippen LogP contribution is 2.46. The summed E-state index contributed by atoms with van der Waals surface area (Å²) in [6, 6.07) is 7.55. The van der Waals surface area contributed by atoms with Crippen LogP contribution in [0.25, 0.3) is 10.9 Å². The van der Waals surface area contributed by atoms with Gasteiger partial charge in [-0.3, -0.25) is 0 Å². The first kappa shape index (κ1) is 13.0. The van der Waals surface area contributed by atoms with E-state index in [0.717, 1.165) is 23.6 Å². The van der Waals surface area contributed by atoms with E-state index in [0.29, 0.717) is 6.04 Å². The van der Waals surface area contributed by atoms with E-state index in [1.54, 1.807) is 0 Å². The normalized spacial score (nSPS) is 33.5. The molecule has 116 valence electrons. The third-order valence-electron chi connectivity index (χ3n) is 6.38. The van der Waals surface area contributed by atoms with E-state index in [1.807, 2.05) is 6.07 Å². The molecule has 4 N–H and O–H groups in total. The Labute approximate surface area is 131 Å². The van der Waals surface area contributed by atoms with Gasteiger partial charge in [0.15, 0.2) is 0 Å². The molecule has 3 aliphatic carbocycles. The molecule has 0 aliphatic heterocycles. The Hall–Kier alpha value is -1.48. The van der Waals surface area contributed by atoms with Gasteiger partial charge in [-0.1, -0.05) is 6.42 Å². The van der Waals surface area contributed by atoms with Crippen LogP contribution in [0.5, 0.6) is 0 Å². The van der Waals surface area contributed by atoms with Crippen LogP contribution in [0.2, 0.25) is 0 Å². The Morgan fingerprint density at radius 2 is 2.09 bits per heavy atom. The summed E-state index contributed by atoms with van der Waals surface area (Å²) in [5.74, 6) is 1.95. The summed E-state index contributed by atoms with van der Waals surface area (Å²) < 4.78 is 0. The fourth-order valence-corrected chi connectivity index (χ4v) is 5.35. The SMILES string of the molecule is Nc1ccc2[nH]c3c(c2c1)CCCC3NC1CC2CCC1C2. The van der Waals surface area contributed by atoms with Crippen LogP contribution in [0, 0.1) is 11.8 Å². The quantitative estimate of drug-likeness (QED) is 0.736. The smallest absolute Gasteiger partial charge is 0.0478 e. The second kappa shape index (κ2) is 4.76. The summed E-state index contributed by atoms with van der Waals surface area (Å²) in [7, 11) is 0. The summed E-state index contributed by atoms with van der Waals surface area (Å²) in [4.78, 5) is 3.69. The molecule has 0 amide bonds. The van der Waals surface area contributed by atoms with E-state index in [1.165, 1.54) is 67.1 Å². The Morgan fingerprint density at radius 1 is 1.14 bits per heavy atom. The molecule has 3 nitrogen and oxygen atoms in total. The van der Waals surface area contributed by atoms with Crippen LogP contribution >= 0.6 is 0 Å². The molecule has 0 radical (unpaired) electrons. The third-order valence-corrected chi connectivity index (χ3v) is 6.38. The zero-order chi connectivity index (χ0) is 14.7. The Bertz CT molecular complexity index is 717. The maximum absolute atomic E-state index is 5.99. The van der Waals surface area contributed by atoms with E-state index >= 15 is 0 Å². The number of hydrogen-bond acceptors (Lipinski definition) is 2. The Balaban J connectivity index is 1.48. The van der Waals surface area contributed by atoms with Crippen LogP contribution < -0.4 is 11.1 Å². The summed E-state index contributed by atoms with van der Waals surface area (Å²) in [5.41, 5.74) is 11.1. The zero-order valence-electron chi connectivity index (χ0n) is 13.1. The summed E-state index contributed by atoms with van der Waals surface area (Å²) in [6.45, 7) is 0. The molecule has 0 saturated heterocycles. The maximum atomic E-state index is 5.99. The number of aromatic amines is 1. The minimum atomic E-state index is 0.515. The first-order valence-electron chi connectivity index (χ1n) is 8.94. The van der Waals surface area contributed by atoms with E-state index < -0.39 is 0 Å². The molecule has 2 aromatic rings. The molecule has 5 rings (SSSR count). The standard InChI is InChI=1S/C19H25N3/c20-13-6-7-16-15(10-13)14-2-1-3-17(19(14)22-16)21-18-9-11-4-5-12(18)8-11/h6-7,10-12,17-18,21-22H,1-5,8-9,20H2. The average Bonchev–Trinajstić information content (AvgIpc) is 3.21. The fourth-order valence-electron chi connectivity index (χ4n) is 5.35. The van der Waals surface area contributed by atoms with Crippen molar-refractivity contribution in [1.82, 2.24) is 10.3 Å². The number of rotatable bonds is 2. The van der Waals surface area contributed by atoms with Crippen molar-refractivity contribution >= 4 is 16.6 Å². The number of nitrogen functional groups attached to an aromatic ring is 1. The highest BCUT2D eigenvalue weighted by atomic mass is 15.0. The summed E-state index contributed by atoms with van der Waals surface area (Å²) >= 11 is 0. The second-order valence-corrected chi connectivity index (χ2v) is 7.72. The van der Waals surface area contributed by atoms with Crippen LogP contribution in [0.4, 0.5) is 5.69 Å². The summed E-state index contributed by atoms with van der Waals surface area (Å²) in [6.07, 6.45) is 9.55. The van der Waals surface area contributed by atoms with Gasteiger partial charge in [0.25, 0.3) is 0 Å². The molecule has 0 spiro atoms. The Kier molecular flexibility index (Phi) is 2.81. The lowest BCUT2D eigenvalue weighted by molar-refractivity contribution is 0.302. The van der Waals surface area contributed by atoms with Gasteiger partial charge in [-0.15, -0.1) is 0 Å².